The number of carbonyl (C=O) groups excluding carboxylic acids is 1. The Bertz CT molecular complexity index is 1160. The summed E-state index contributed by atoms with van der Waals surface area (Å²) in [6.45, 7) is 0.679. The topological polar surface area (TPSA) is 84.9 Å². The van der Waals surface area contributed by atoms with Crippen molar-refractivity contribution in [3.63, 3.8) is 0 Å². The van der Waals surface area contributed by atoms with Crippen molar-refractivity contribution in [3.05, 3.63) is 89.7 Å². The first kappa shape index (κ1) is 24.1. The number of halogens is 1. The van der Waals surface area contributed by atoms with Crippen LogP contribution in [-0.2, 0) is 16.6 Å². The molecule has 33 heavy (non-hydrogen) atoms. The number of hydrogen-bond donors (Lipinski definition) is 1. The van der Waals surface area contributed by atoms with E-state index < -0.39 is 15.8 Å². The van der Waals surface area contributed by atoms with Gasteiger partial charge in [-0.3, -0.25) is 9.10 Å². The zero-order valence-corrected chi connectivity index (χ0v) is 19.1. The molecule has 0 unspecified atom stereocenters. The third-order valence-electron chi connectivity index (χ3n) is 4.77. The molecule has 7 nitrogen and oxygen atoms in total. The highest BCUT2D eigenvalue weighted by Crippen LogP contribution is 2.21. The van der Waals surface area contributed by atoms with Gasteiger partial charge in [0, 0.05) is 5.56 Å². The van der Waals surface area contributed by atoms with Crippen LogP contribution in [0, 0.1) is 5.82 Å². The average molecular weight is 473 g/mol. The minimum atomic E-state index is -3.59. The van der Waals surface area contributed by atoms with E-state index in [9.17, 15) is 17.6 Å². The van der Waals surface area contributed by atoms with Crippen molar-refractivity contribution in [2.24, 2.45) is 0 Å². The number of nitrogens with one attached hydrogen (secondary N) is 1. The van der Waals surface area contributed by atoms with Crippen LogP contribution in [0.2, 0.25) is 0 Å². The van der Waals surface area contributed by atoms with E-state index in [4.69, 9.17) is 9.47 Å². The normalized spacial score (nSPS) is 11.0. The van der Waals surface area contributed by atoms with E-state index in [1.807, 2.05) is 0 Å². The van der Waals surface area contributed by atoms with E-state index >= 15 is 0 Å². The third kappa shape index (κ3) is 6.95. The van der Waals surface area contributed by atoms with Gasteiger partial charge in [0.05, 0.1) is 32.1 Å². The summed E-state index contributed by atoms with van der Waals surface area (Å²) < 4.78 is 49.5. The summed E-state index contributed by atoms with van der Waals surface area (Å²) >= 11 is 0. The molecular formula is C24H25FN2O5S. The molecule has 0 heterocycles. The zero-order valence-electron chi connectivity index (χ0n) is 18.3. The average Bonchev–Trinajstić information content (AvgIpc) is 2.81. The van der Waals surface area contributed by atoms with Crippen LogP contribution in [0.5, 0.6) is 11.5 Å². The monoisotopic (exact) mass is 472 g/mol. The molecule has 3 aromatic rings. The maximum Gasteiger partial charge on any atom is 0.251 e. The number of benzene rings is 3. The molecule has 0 aromatic heterocycles. The highest BCUT2D eigenvalue weighted by atomic mass is 32.2. The molecule has 3 aromatic carbocycles. The Hall–Kier alpha value is -3.59. The molecule has 0 saturated heterocycles. The van der Waals surface area contributed by atoms with Gasteiger partial charge in [-0.15, -0.1) is 0 Å². The van der Waals surface area contributed by atoms with Crippen LogP contribution in [0.1, 0.15) is 15.9 Å². The number of nitrogens with zero attached hydrogens (tertiary/aromatic N) is 1. The molecular weight excluding hydrogens is 447 g/mol. The van der Waals surface area contributed by atoms with Crippen molar-refractivity contribution in [1.29, 1.82) is 0 Å². The third-order valence-corrected chi connectivity index (χ3v) is 5.91. The molecule has 0 aliphatic heterocycles. The summed E-state index contributed by atoms with van der Waals surface area (Å²) in [5.74, 6) is 0.692. The van der Waals surface area contributed by atoms with Crippen molar-refractivity contribution in [2.75, 3.05) is 30.8 Å². The Kier molecular flexibility index (Phi) is 7.89. The van der Waals surface area contributed by atoms with Gasteiger partial charge in [0.2, 0.25) is 10.0 Å². The van der Waals surface area contributed by atoms with E-state index in [-0.39, 0.29) is 12.5 Å². The van der Waals surface area contributed by atoms with Gasteiger partial charge in [-0.05, 0) is 66.2 Å². The van der Waals surface area contributed by atoms with Crippen LogP contribution in [0.15, 0.2) is 72.8 Å². The van der Waals surface area contributed by atoms with Crippen molar-refractivity contribution in [2.45, 2.75) is 6.54 Å². The van der Waals surface area contributed by atoms with Crippen molar-refractivity contribution in [1.82, 2.24) is 5.32 Å². The number of anilines is 1. The highest BCUT2D eigenvalue weighted by Gasteiger charge is 2.18. The lowest BCUT2D eigenvalue weighted by Gasteiger charge is -2.22. The Morgan fingerprint density at radius 1 is 0.939 bits per heavy atom. The van der Waals surface area contributed by atoms with Crippen molar-refractivity contribution < 1.29 is 27.1 Å². The van der Waals surface area contributed by atoms with E-state index in [2.05, 4.69) is 5.32 Å². The SMILES string of the molecule is COc1ccc(OCCNC(=O)c2ccc(CN(c3ccc(F)cc3)S(C)(=O)=O)cc2)cc1. The van der Waals surface area contributed by atoms with E-state index in [0.29, 0.717) is 35.7 Å². The predicted molar refractivity (Wildman–Crippen MR) is 125 cm³/mol. The van der Waals surface area contributed by atoms with Gasteiger partial charge < -0.3 is 14.8 Å². The fraction of sp³-hybridized carbons (Fsp3) is 0.208. The molecule has 0 saturated carbocycles. The van der Waals surface area contributed by atoms with Gasteiger partial charge in [0.1, 0.15) is 23.9 Å². The fourth-order valence-corrected chi connectivity index (χ4v) is 3.93. The first-order valence-electron chi connectivity index (χ1n) is 10.1. The molecule has 1 amide bonds. The Labute approximate surface area is 192 Å². The summed E-state index contributed by atoms with van der Waals surface area (Å²) in [4.78, 5) is 12.4. The van der Waals surface area contributed by atoms with Crippen LogP contribution < -0.4 is 19.1 Å². The molecule has 0 atom stereocenters. The fourth-order valence-electron chi connectivity index (χ4n) is 3.04. The zero-order chi connectivity index (χ0) is 23.8. The lowest BCUT2D eigenvalue weighted by atomic mass is 10.1. The number of rotatable bonds is 10. The number of hydrogen-bond acceptors (Lipinski definition) is 5. The first-order valence-corrected chi connectivity index (χ1v) is 12.0. The summed E-state index contributed by atoms with van der Waals surface area (Å²) in [7, 11) is -2.00. The molecule has 0 fully saturated rings. The molecule has 0 radical (unpaired) electrons. The largest absolute Gasteiger partial charge is 0.497 e. The molecule has 9 heteroatoms. The molecule has 0 bridgehead atoms. The van der Waals surface area contributed by atoms with Crippen LogP contribution in [0.4, 0.5) is 10.1 Å². The second kappa shape index (κ2) is 10.8. The summed E-state index contributed by atoms with van der Waals surface area (Å²) in [5, 5.41) is 2.78. The van der Waals surface area contributed by atoms with Crippen LogP contribution in [0.25, 0.3) is 0 Å². The first-order chi connectivity index (χ1) is 15.8. The Morgan fingerprint density at radius 2 is 1.55 bits per heavy atom. The molecule has 1 N–H and O–H groups in total. The van der Waals surface area contributed by atoms with Crippen molar-refractivity contribution in [3.8, 4) is 11.5 Å². The van der Waals surface area contributed by atoms with E-state index in [1.54, 1.807) is 55.6 Å². The molecule has 174 valence electrons. The standard InChI is InChI=1S/C24H25FN2O5S/c1-31-22-11-13-23(14-12-22)32-16-15-26-24(28)19-5-3-18(4-6-19)17-27(33(2,29)30)21-9-7-20(25)8-10-21/h3-14H,15-17H2,1-2H3,(H,26,28). The number of methoxy groups -OCH3 is 1. The Morgan fingerprint density at radius 3 is 2.12 bits per heavy atom. The van der Waals surface area contributed by atoms with Gasteiger partial charge >= 0.3 is 0 Å². The van der Waals surface area contributed by atoms with Crippen LogP contribution in [-0.4, -0.2) is 40.8 Å². The maximum atomic E-state index is 13.2. The highest BCUT2D eigenvalue weighted by molar-refractivity contribution is 7.92. The van der Waals surface area contributed by atoms with Gasteiger partial charge in [0.25, 0.3) is 5.91 Å². The molecule has 0 aliphatic carbocycles. The summed E-state index contributed by atoms with van der Waals surface area (Å²) in [5.41, 5.74) is 1.48. The summed E-state index contributed by atoms with van der Waals surface area (Å²) in [6.07, 6.45) is 1.09. The van der Waals surface area contributed by atoms with Crippen LogP contribution >= 0.6 is 0 Å². The van der Waals surface area contributed by atoms with E-state index in [1.165, 1.54) is 28.6 Å². The second-order valence-electron chi connectivity index (χ2n) is 7.22. The van der Waals surface area contributed by atoms with Crippen molar-refractivity contribution >= 4 is 21.6 Å². The smallest absolute Gasteiger partial charge is 0.251 e. The van der Waals surface area contributed by atoms with Gasteiger partial charge in [0.15, 0.2) is 0 Å². The quantitative estimate of drug-likeness (QED) is 0.456. The number of sulfonamides is 1. The van der Waals surface area contributed by atoms with Crippen LogP contribution in [0.3, 0.4) is 0 Å². The number of amides is 1. The van der Waals surface area contributed by atoms with E-state index in [0.717, 1.165) is 12.0 Å². The van der Waals surface area contributed by atoms with Gasteiger partial charge in [-0.25, -0.2) is 12.8 Å². The molecule has 0 aliphatic rings. The minimum Gasteiger partial charge on any atom is -0.497 e. The lowest BCUT2D eigenvalue weighted by molar-refractivity contribution is 0.0947. The molecule has 3 rings (SSSR count). The summed E-state index contributed by atoms with van der Waals surface area (Å²) in [6, 6.07) is 19.0. The Balaban J connectivity index is 1.54. The lowest BCUT2D eigenvalue weighted by Crippen LogP contribution is -2.29. The second-order valence-corrected chi connectivity index (χ2v) is 9.13. The van der Waals surface area contributed by atoms with Gasteiger partial charge in [-0.1, -0.05) is 12.1 Å². The number of ether oxygens (including phenoxy) is 2. The predicted octanol–water partition coefficient (Wildman–Crippen LogP) is 3.61. The minimum absolute atomic E-state index is 0.0576. The number of carbonyl (C=O) groups is 1. The maximum absolute atomic E-state index is 13.2. The van der Waals surface area contributed by atoms with Gasteiger partial charge in [-0.2, -0.15) is 0 Å². The molecule has 0 spiro atoms.